The highest BCUT2D eigenvalue weighted by atomic mass is 31.3. The summed E-state index contributed by atoms with van der Waals surface area (Å²) in [5.41, 5.74) is 13.3. The summed E-state index contributed by atoms with van der Waals surface area (Å²) in [7, 11) is -18.3. The number of rotatable bonds is 20. The summed E-state index contributed by atoms with van der Waals surface area (Å²) in [4.78, 5) is 88.7. The number of anilines is 3. The number of hydrogen-bond acceptors (Lipinski definition) is 33. The van der Waals surface area contributed by atoms with Gasteiger partial charge in [0.1, 0.15) is 84.9 Å². The van der Waals surface area contributed by atoms with Crippen LogP contribution in [0.4, 0.5) is 17.6 Å². The van der Waals surface area contributed by atoms with E-state index in [9.17, 15) is 64.4 Å². The standard InChI is InChI=1S/C39H50N15O25P3/c1-13-5-52(39(65)50-32(13)62)20-4-14(55)15(74-20)6-70-80(66,67)78-82(69,73-9-18-25(58)28(61)36(77-18)54-12-46-22-31(54)48-37(42)49-33(22)63)79-81(68,71-7-16-23(56)26(59)34(75-16)51-3-2-19(40)47-38(51)64)72-8-17-24(57)27(60)35(76-17)53-11-45-21-29(41)43-10-44-30(21)53/h2-3,5,10-12,14-18,20,23-28,34-36,55-61H,4,6-9H2,1H3,(H,66,67)(H2,40,47,64)(H2,41,43,44)(H,50,62,65)(H3,42,48,49,63)/t14?,15-,16-,17-,18-,20-,23?,24?,25?,26?,27?,28?,34-,35-,36-,81?,82?/m1/s1. The number of aromatic nitrogens is 12. The van der Waals surface area contributed by atoms with Crippen LogP contribution in [0.25, 0.3) is 22.3 Å². The quantitative estimate of drug-likeness (QED) is 0.0318. The van der Waals surface area contributed by atoms with Gasteiger partial charge in [-0.05, 0) is 13.0 Å². The Hall–Kier alpha value is -6.17. The molecule has 82 heavy (non-hydrogen) atoms. The Kier molecular flexibility index (Phi) is 16.4. The molecule has 0 saturated carbocycles. The van der Waals surface area contributed by atoms with E-state index in [2.05, 4.69) is 39.9 Å². The van der Waals surface area contributed by atoms with Crippen LogP contribution in [0.2, 0.25) is 0 Å². The van der Waals surface area contributed by atoms with Crippen LogP contribution in [-0.2, 0) is 59.4 Å². The van der Waals surface area contributed by atoms with Crippen LogP contribution in [0.1, 0.15) is 36.9 Å². The van der Waals surface area contributed by atoms with Crippen LogP contribution >= 0.6 is 23.5 Å². The van der Waals surface area contributed by atoms with Gasteiger partial charge in [0.2, 0.25) is 5.95 Å². The fourth-order valence-electron chi connectivity index (χ4n) is 9.01. The summed E-state index contributed by atoms with van der Waals surface area (Å²) >= 11 is 0. The van der Waals surface area contributed by atoms with Gasteiger partial charge in [-0.2, -0.15) is 18.6 Å². The van der Waals surface area contributed by atoms with Crippen molar-refractivity contribution in [1.82, 2.24) is 58.1 Å². The first-order valence-corrected chi connectivity index (χ1v) is 28.4. The molecule has 10 rings (SSSR count). The van der Waals surface area contributed by atoms with Crippen molar-refractivity contribution in [3.63, 3.8) is 0 Å². The van der Waals surface area contributed by atoms with Crippen LogP contribution in [0, 0.1) is 6.92 Å². The largest absolute Gasteiger partial charge is 0.492 e. The highest BCUT2D eigenvalue weighted by Crippen LogP contribution is 2.72. The van der Waals surface area contributed by atoms with E-state index in [0.717, 1.165) is 55.7 Å². The predicted octanol–water partition coefficient (Wildman–Crippen LogP) is -5.26. The second-order valence-electron chi connectivity index (χ2n) is 18.7. The minimum Gasteiger partial charge on any atom is -0.390 e. The summed E-state index contributed by atoms with van der Waals surface area (Å²) in [5.74, 6) is -0.691. The van der Waals surface area contributed by atoms with Crippen LogP contribution in [0.5, 0.6) is 0 Å². The molecule has 4 saturated heterocycles. The van der Waals surface area contributed by atoms with Crippen molar-refractivity contribution in [3.05, 3.63) is 84.7 Å². The number of phosphoric acid groups is 3. The van der Waals surface area contributed by atoms with E-state index < -0.39 is 170 Å². The first-order valence-electron chi connectivity index (χ1n) is 24.0. The molecule has 0 aliphatic carbocycles. The van der Waals surface area contributed by atoms with Crippen molar-refractivity contribution < 1.29 is 100.0 Å². The first-order chi connectivity index (χ1) is 38.7. The van der Waals surface area contributed by atoms with E-state index in [4.69, 9.17) is 62.9 Å². The van der Waals surface area contributed by atoms with E-state index in [1.807, 2.05) is 0 Å². The summed E-state index contributed by atoms with van der Waals surface area (Å²) in [5, 5.41) is 77.6. The molecule has 10 unspecified atom stereocenters. The van der Waals surface area contributed by atoms with Gasteiger partial charge in [-0.15, -0.1) is 0 Å². The van der Waals surface area contributed by atoms with E-state index >= 15 is 9.13 Å². The van der Waals surface area contributed by atoms with Gasteiger partial charge in [0.15, 0.2) is 41.3 Å². The molecular weight excluding hydrogens is 1170 g/mol. The summed E-state index contributed by atoms with van der Waals surface area (Å²) < 4.78 is 102. The molecule has 4 aliphatic heterocycles. The number of ether oxygens (including phenoxy) is 4. The van der Waals surface area contributed by atoms with Gasteiger partial charge in [-0.3, -0.25) is 55.9 Å². The Morgan fingerprint density at radius 1 is 0.622 bits per heavy atom. The third kappa shape index (κ3) is 11.7. The van der Waals surface area contributed by atoms with E-state index in [1.165, 1.54) is 6.92 Å². The average molecular weight is 1220 g/mol. The summed E-state index contributed by atoms with van der Waals surface area (Å²) in [6.45, 7) is -3.53. The topological polar surface area (TPSA) is 580 Å². The molecule has 4 aliphatic rings. The molecule has 6 aromatic heterocycles. The molecule has 0 aromatic carbocycles. The van der Waals surface area contributed by atoms with E-state index in [0.29, 0.717) is 0 Å². The maximum atomic E-state index is 15.1. The van der Waals surface area contributed by atoms with Crippen LogP contribution < -0.4 is 39.7 Å². The normalized spacial score (nSPS) is 31.6. The number of aliphatic hydroxyl groups is 7. The molecule has 0 bridgehead atoms. The minimum atomic E-state index is -6.29. The van der Waals surface area contributed by atoms with Crippen molar-refractivity contribution in [2.24, 2.45) is 0 Å². The number of nitrogens with zero attached hydrogens (tertiary/aromatic N) is 10. The molecule has 40 nitrogen and oxygen atoms in total. The van der Waals surface area contributed by atoms with Crippen LogP contribution in [0.15, 0.2) is 56.6 Å². The molecule has 16 N–H and O–H groups in total. The molecule has 4 fully saturated rings. The maximum Gasteiger partial charge on any atom is 0.492 e. The number of nitrogen functional groups attached to an aromatic ring is 3. The number of hydrogen-bond donors (Lipinski definition) is 13. The lowest BCUT2D eigenvalue weighted by Crippen LogP contribution is -2.36. The minimum absolute atomic E-state index is 0.0134. The number of phosphoric ester groups is 2. The molecule has 446 valence electrons. The molecule has 0 radical (unpaired) electrons. The average Bonchev–Trinajstić information content (AvgIpc) is 3.89. The lowest BCUT2D eigenvalue weighted by Gasteiger charge is -2.27. The zero-order valence-electron chi connectivity index (χ0n) is 41.7. The maximum absolute atomic E-state index is 15.1. The molecule has 18 atom stereocenters. The van der Waals surface area contributed by atoms with E-state index in [-0.39, 0.29) is 45.9 Å². The number of imidazole rings is 2. The number of H-pyrrole nitrogens is 2. The zero-order valence-corrected chi connectivity index (χ0v) is 44.4. The monoisotopic (exact) mass is 1220 g/mol. The van der Waals surface area contributed by atoms with Gasteiger partial charge < -0.3 is 76.8 Å². The Morgan fingerprint density at radius 3 is 1.77 bits per heavy atom. The smallest absolute Gasteiger partial charge is 0.390 e. The summed E-state index contributed by atoms with van der Waals surface area (Å²) in [6, 6.07) is 1.15. The fourth-order valence-corrected chi connectivity index (χ4v) is 13.7. The lowest BCUT2D eigenvalue weighted by molar-refractivity contribution is -0.0638. The number of nitrogens with one attached hydrogen (secondary N) is 2. The van der Waals surface area contributed by atoms with Gasteiger partial charge in [-0.25, -0.2) is 43.2 Å². The van der Waals surface area contributed by atoms with Crippen molar-refractivity contribution in [2.75, 3.05) is 43.6 Å². The number of nitrogens with two attached hydrogens (primary N) is 3. The van der Waals surface area contributed by atoms with Crippen LogP contribution in [0.3, 0.4) is 0 Å². The van der Waals surface area contributed by atoms with Crippen LogP contribution in [-0.4, -0.2) is 192 Å². The van der Waals surface area contributed by atoms with Gasteiger partial charge in [0.05, 0.1) is 45.2 Å². The van der Waals surface area contributed by atoms with Crippen molar-refractivity contribution in [3.8, 4) is 0 Å². The number of aryl methyl sites for hydroxylation is 1. The summed E-state index contributed by atoms with van der Waals surface area (Å²) in [6.07, 6.45) is -21.7. The molecular formula is C39H50N15O25P3. The Morgan fingerprint density at radius 2 is 1.17 bits per heavy atom. The Balaban J connectivity index is 0.938. The van der Waals surface area contributed by atoms with Gasteiger partial charge in [-0.1, -0.05) is 0 Å². The van der Waals surface area contributed by atoms with E-state index in [1.54, 1.807) is 0 Å². The first kappa shape index (κ1) is 59.0. The number of aliphatic hydroxyl groups excluding tert-OH is 7. The van der Waals surface area contributed by atoms with Crippen molar-refractivity contribution in [1.29, 1.82) is 0 Å². The fraction of sp³-hybridized carbons (Fsp3) is 0.538. The second-order valence-corrected chi connectivity index (χ2v) is 23.7. The lowest BCUT2D eigenvalue weighted by atomic mass is 10.1. The molecule has 10 heterocycles. The van der Waals surface area contributed by atoms with Crippen molar-refractivity contribution in [2.45, 2.75) is 105 Å². The van der Waals surface area contributed by atoms with Gasteiger partial charge in [0, 0.05) is 24.4 Å². The third-order valence-corrected chi connectivity index (χ3v) is 18.3. The number of fused-ring (bicyclic) bond motifs is 2. The zero-order chi connectivity index (χ0) is 58.9. The second kappa shape index (κ2) is 22.8. The Bertz CT molecular complexity index is 3770. The molecule has 43 heteroatoms. The molecule has 0 spiro atoms. The third-order valence-electron chi connectivity index (χ3n) is 13.2. The highest BCUT2D eigenvalue weighted by molar-refractivity contribution is 7.67. The van der Waals surface area contributed by atoms with Gasteiger partial charge >= 0.3 is 34.8 Å². The van der Waals surface area contributed by atoms with Crippen molar-refractivity contribution >= 4 is 63.4 Å². The molecule has 0 amide bonds. The predicted molar refractivity (Wildman–Crippen MR) is 265 cm³/mol. The van der Waals surface area contributed by atoms with Gasteiger partial charge in [0.25, 0.3) is 11.1 Å². The SMILES string of the molecule is Cc1cn([C@H]2CC(O)[C@@H](COP(=O)(O)OP(=O)(OC[C@H]3O[C@@H](n4cnc5c(=O)[nH]c(N)nc54)C(O)C3O)OP(=O)(OC[C@H]3O[C@@H](n4ccc(N)nc4=O)C(O)C3O)OC[C@H]3O[C@@H](n4cnc5c(N)ncnc54)C(O)C3O)O2)c(=O)[nH]c1=O. The highest BCUT2D eigenvalue weighted by Gasteiger charge is 2.53. The number of aromatic amines is 2. The Labute approximate surface area is 454 Å². The molecule has 6 aromatic rings.